The van der Waals surface area contributed by atoms with Crippen molar-refractivity contribution in [2.45, 2.75) is 26.8 Å². The summed E-state index contributed by atoms with van der Waals surface area (Å²) >= 11 is 1.53. The minimum Gasteiger partial charge on any atom is -0.480 e. The molecule has 0 aromatic rings. The van der Waals surface area contributed by atoms with Gasteiger partial charge in [-0.3, -0.25) is 0 Å². The van der Waals surface area contributed by atoms with E-state index in [1.165, 1.54) is 11.8 Å². The molecule has 3 N–H and O–H groups in total. The summed E-state index contributed by atoms with van der Waals surface area (Å²) in [4.78, 5) is 22.5. The van der Waals surface area contributed by atoms with Crippen molar-refractivity contribution in [3.63, 3.8) is 0 Å². The molecule has 0 aliphatic rings. The van der Waals surface area contributed by atoms with Crippen LogP contribution in [-0.4, -0.2) is 41.2 Å². The van der Waals surface area contributed by atoms with Crippen LogP contribution < -0.4 is 10.6 Å². The van der Waals surface area contributed by atoms with Gasteiger partial charge in [0.25, 0.3) is 0 Å². The van der Waals surface area contributed by atoms with Crippen LogP contribution in [0, 0.1) is 17.8 Å². The molecule has 102 valence electrons. The Morgan fingerprint density at radius 1 is 1.44 bits per heavy atom. The summed E-state index contributed by atoms with van der Waals surface area (Å²) in [6.45, 7) is 5.73. The third-order valence-corrected chi connectivity index (χ3v) is 2.97. The number of carbonyl (C=O) groups is 2. The minimum atomic E-state index is -1.04. The zero-order chi connectivity index (χ0) is 14.2. The number of rotatable bonds is 6. The Balaban J connectivity index is 4.06. The molecule has 0 heterocycles. The van der Waals surface area contributed by atoms with E-state index in [-0.39, 0.29) is 0 Å². The zero-order valence-corrected chi connectivity index (χ0v) is 11.8. The van der Waals surface area contributed by atoms with Gasteiger partial charge in [-0.15, -0.1) is 18.2 Å². The van der Waals surface area contributed by atoms with Crippen molar-refractivity contribution in [1.29, 1.82) is 0 Å². The Hall–Kier alpha value is -1.35. The molecule has 0 aliphatic carbocycles. The summed E-state index contributed by atoms with van der Waals surface area (Å²) < 4.78 is 0. The number of nitrogens with one attached hydrogen (secondary N) is 2. The maximum Gasteiger partial charge on any atom is 0.326 e. The Kier molecular flexibility index (Phi) is 7.29. The van der Waals surface area contributed by atoms with E-state index in [1.54, 1.807) is 20.8 Å². The first kappa shape index (κ1) is 16.6. The Labute approximate surface area is 112 Å². The fraction of sp³-hybridized carbons (Fsp3) is 0.667. The van der Waals surface area contributed by atoms with Gasteiger partial charge in [-0.1, -0.05) is 26.7 Å². The predicted molar refractivity (Wildman–Crippen MR) is 73.6 cm³/mol. The molecule has 0 radical (unpaired) electrons. The molecular weight excluding hydrogens is 252 g/mol. The summed E-state index contributed by atoms with van der Waals surface area (Å²) in [5.74, 6) is 2.74. The van der Waals surface area contributed by atoms with Crippen LogP contribution in [-0.2, 0) is 4.79 Å². The first-order valence-corrected chi connectivity index (χ1v) is 6.73. The van der Waals surface area contributed by atoms with Crippen LogP contribution in [0.3, 0.4) is 0 Å². The summed E-state index contributed by atoms with van der Waals surface area (Å²) in [6, 6.07) is -1.39. The number of carboxylic acids is 1. The van der Waals surface area contributed by atoms with Crippen LogP contribution in [0.1, 0.15) is 20.8 Å². The van der Waals surface area contributed by atoms with E-state index in [2.05, 4.69) is 16.6 Å². The number of carboxylic acid groups (broad SMARTS) is 1. The normalized spacial score (nSPS) is 12.3. The van der Waals surface area contributed by atoms with Gasteiger partial charge in [0.2, 0.25) is 0 Å². The van der Waals surface area contributed by atoms with E-state index in [0.717, 1.165) is 0 Å². The lowest BCUT2D eigenvalue weighted by molar-refractivity contribution is -0.141. The van der Waals surface area contributed by atoms with E-state index in [9.17, 15) is 9.59 Å². The summed E-state index contributed by atoms with van der Waals surface area (Å²) in [7, 11) is 0. The highest BCUT2D eigenvalue weighted by Gasteiger charge is 2.32. The summed E-state index contributed by atoms with van der Waals surface area (Å²) in [5.41, 5.74) is -0.540. The van der Waals surface area contributed by atoms with Crippen LogP contribution in [0.5, 0.6) is 0 Å². The average Bonchev–Trinajstić information content (AvgIpc) is 2.23. The van der Waals surface area contributed by atoms with Crippen molar-refractivity contribution < 1.29 is 14.7 Å². The molecule has 0 aliphatic heterocycles. The topological polar surface area (TPSA) is 78.4 Å². The molecule has 0 aromatic carbocycles. The highest BCUT2D eigenvalue weighted by atomic mass is 32.2. The molecule has 5 nitrogen and oxygen atoms in total. The predicted octanol–water partition coefficient (Wildman–Crippen LogP) is 1.15. The molecular formula is C12H20N2O3S. The number of hydrogen-bond donors (Lipinski definition) is 3. The molecule has 0 rings (SSSR count). The number of hydrogen-bond acceptors (Lipinski definition) is 3. The molecule has 0 saturated carbocycles. The Morgan fingerprint density at radius 2 is 2.06 bits per heavy atom. The number of carbonyl (C=O) groups excluding carboxylic acids is 1. The Morgan fingerprint density at radius 3 is 2.50 bits per heavy atom. The number of thioether (sulfide) groups is 1. The molecule has 0 fully saturated rings. The molecule has 0 saturated heterocycles. The van der Waals surface area contributed by atoms with E-state index in [4.69, 9.17) is 11.5 Å². The first-order chi connectivity index (χ1) is 8.29. The van der Waals surface area contributed by atoms with Crippen molar-refractivity contribution in [2.75, 3.05) is 18.1 Å². The van der Waals surface area contributed by atoms with Gasteiger partial charge < -0.3 is 15.7 Å². The van der Waals surface area contributed by atoms with Gasteiger partial charge in [0.05, 0.1) is 5.75 Å². The van der Waals surface area contributed by atoms with Gasteiger partial charge >= 0.3 is 12.0 Å². The van der Waals surface area contributed by atoms with Crippen LogP contribution in [0.25, 0.3) is 0 Å². The third-order valence-electron chi connectivity index (χ3n) is 2.11. The molecule has 0 aromatic heterocycles. The molecule has 2 amide bonds. The van der Waals surface area contributed by atoms with Crippen molar-refractivity contribution in [3.05, 3.63) is 0 Å². The molecule has 1 unspecified atom stereocenters. The van der Waals surface area contributed by atoms with Crippen molar-refractivity contribution in [1.82, 2.24) is 10.6 Å². The third kappa shape index (κ3) is 7.07. The molecule has 6 heteroatoms. The average molecular weight is 272 g/mol. The summed E-state index contributed by atoms with van der Waals surface area (Å²) in [5, 5.41) is 14.1. The lowest BCUT2D eigenvalue weighted by Gasteiger charge is -2.27. The smallest absolute Gasteiger partial charge is 0.326 e. The second-order valence-electron chi connectivity index (χ2n) is 4.79. The van der Waals surface area contributed by atoms with Gasteiger partial charge in [0.15, 0.2) is 0 Å². The SMILES string of the molecule is C#CCSCCNC(=O)NC(C(=O)O)C(C)(C)C. The standard InChI is InChI=1S/C12H20N2O3S/c1-5-7-18-8-6-13-11(17)14-9(10(15)16)12(2,3)4/h1,9H,6-8H2,2-4H3,(H,15,16)(H2,13,14,17). The summed E-state index contributed by atoms with van der Waals surface area (Å²) in [6.07, 6.45) is 5.08. The zero-order valence-electron chi connectivity index (χ0n) is 10.9. The molecule has 18 heavy (non-hydrogen) atoms. The highest BCUT2D eigenvalue weighted by Crippen LogP contribution is 2.19. The maximum absolute atomic E-state index is 11.5. The maximum atomic E-state index is 11.5. The minimum absolute atomic E-state index is 0.453. The van der Waals surface area contributed by atoms with E-state index in [0.29, 0.717) is 18.1 Å². The second kappa shape index (κ2) is 7.88. The monoisotopic (exact) mass is 272 g/mol. The fourth-order valence-corrected chi connectivity index (χ4v) is 1.71. The van der Waals surface area contributed by atoms with Crippen molar-refractivity contribution in [3.8, 4) is 12.3 Å². The Bertz CT molecular complexity index is 331. The largest absolute Gasteiger partial charge is 0.480 e. The van der Waals surface area contributed by atoms with Gasteiger partial charge in [-0.25, -0.2) is 9.59 Å². The van der Waals surface area contributed by atoms with Crippen molar-refractivity contribution in [2.24, 2.45) is 5.41 Å². The number of urea groups is 1. The second-order valence-corrected chi connectivity index (χ2v) is 5.90. The highest BCUT2D eigenvalue weighted by molar-refractivity contribution is 7.99. The lowest BCUT2D eigenvalue weighted by Crippen LogP contribution is -2.52. The molecule has 0 bridgehead atoms. The van der Waals surface area contributed by atoms with Gasteiger partial charge in [0, 0.05) is 12.3 Å². The fourth-order valence-electron chi connectivity index (χ4n) is 1.20. The number of terminal acetylenes is 1. The lowest BCUT2D eigenvalue weighted by atomic mass is 9.87. The van der Waals surface area contributed by atoms with Gasteiger partial charge in [-0.2, -0.15) is 0 Å². The van der Waals surface area contributed by atoms with Crippen LogP contribution >= 0.6 is 11.8 Å². The van der Waals surface area contributed by atoms with Gasteiger partial charge in [0.1, 0.15) is 6.04 Å². The van der Waals surface area contributed by atoms with Crippen LogP contribution in [0.4, 0.5) is 4.79 Å². The van der Waals surface area contributed by atoms with E-state index < -0.39 is 23.5 Å². The quantitative estimate of drug-likeness (QED) is 0.501. The van der Waals surface area contributed by atoms with E-state index in [1.807, 2.05) is 0 Å². The number of amides is 2. The van der Waals surface area contributed by atoms with Crippen LogP contribution in [0.2, 0.25) is 0 Å². The number of aliphatic carboxylic acids is 1. The van der Waals surface area contributed by atoms with Crippen LogP contribution in [0.15, 0.2) is 0 Å². The van der Waals surface area contributed by atoms with E-state index >= 15 is 0 Å². The first-order valence-electron chi connectivity index (χ1n) is 5.57. The van der Waals surface area contributed by atoms with Crippen molar-refractivity contribution >= 4 is 23.8 Å². The molecule has 0 spiro atoms. The molecule has 1 atom stereocenters. The van der Waals surface area contributed by atoms with Gasteiger partial charge in [-0.05, 0) is 5.41 Å².